The van der Waals surface area contributed by atoms with Crippen LogP contribution in [0.1, 0.15) is 17.3 Å². The van der Waals surface area contributed by atoms with Crippen molar-refractivity contribution in [3.05, 3.63) is 35.1 Å². The highest BCUT2D eigenvalue weighted by Gasteiger charge is 2.46. The van der Waals surface area contributed by atoms with Gasteiger partial charge in [0.1, 0.15) is 12.0 Å². The number of alkyl halides is 3. The van der Waals surface area contributed by atoms with Crippen molar-refractivity contribution in [1.29, 1.82) is 0 Å². The lowest BCUT2D eigenvalue weighted by atomic mass is 10.1. The van der Waals surface area contributed by atoms with Gasteiger partial charge >= 0.3 is 6.18 Å². The molecule has 0 aliphatic carbocycles. The van der Waals surface area contributed by atoms with E-state index in [1.54, 1.807) is 6.07 Å². The number of hydrogen-bond donors (Lipinski definition) is 4. The van der Waals surface area contributed by atoms with E-state index in [1.807, 2.05) is 7.05 Å². The summed E-state index contributed by atoms with van der Waals surface area (Å²) in [5, 5.41) is 8.77. The van der Waals surface area contributed by atoms with E-state index < -0.39 is 24.4 Å². The molecule has 3 unspecified atom stereocenters. The molecular weight excluding hydrogens is 342 g/mol. The van der Waals surface area contributed by atoms with Crippen LogP contribution in [0.5, 0.6) is 0 Å². The van der Waals surface area contributed by atoms with Gasteiger partial charge in [0.25, 0.3) is 0 Å². The molecule has 6 nitrogen and oxygen atoms in total. The number of nitrogens with zero attached hydrogens (tertiary/aromatic N) is 1. The van der Waals surface area contributed by atoms with Crippen LogP contribution in [0, 0.1) is 5.82 Å². The standard InChI is InChI=1S/C15H21F4N5O/c1-24-5-4-20-8-12(24)21-7-9-2-3-10(11(16)6-9)13-22-14(25-23-13)15(17,18)19/h2-3,6,12-14,20-23H,4-5,7-8H2,1H3. The minimum atomic E-state index is -4.57. The van der Waals surface area contributed by atoms with E-state index in [9.17, 15) is 17.6 Å². The number of piperazine rings is 1. The van der Waals surface area contributed by atoms with Crippen molar-refractivity contribution in [2.75, 3.05) is 26.7 Å². The third kappa shape index (κ3) is 4.46. The summed E-state index contributed by atoms with van der Waals surface area (Å²) in [4.78, 5) is 6.60. The summed E-state index contributed by atoms with van der Waals surface area (Å²) in [7, 11) is 2.01. The van der Waals surface area contributed by atoms with E-state index in [0.717, 1.165) is 19.6 Å². The molecule has 2 fully saturated rings. The molecule has 3 rings (SSSR count). The first kappa shape index (κ1) is 18.5. The number of rotatable bonds is 4. The number of halogens is 4. The highest BCUT2D eigenvalue weighted by molar-refractivity contribution is 5.27. The van der Waals surface area contributed by atoms with Crippen molar-refractivity contribution < 1.29 is 22.4 Å². The maximum Gasteiger partial charge on any atom is 0.430 e. The van der Waals surface area contributed by atoms with Crippen LogP contribution in [0.25, 0.3) is 0 Å². The van der Waals surface area contributed by atoms with E-state index in [0.29, 0.717) is 12.1 Å². The van der Waals surface area contributed by atoms with Gasteiger partial charge in [-0.15, -0.1) is 0 Å². The van der Waals surface area contributed by atoms with Crippen LogP contribution < -0.4 is 21.4 Å². The maximum absolute atomic E-state index is 14.3. The number of benzene rings is 1. The molecule has 0 spiro atoms. The number of nitrogens with one attached hydrogen (secondary N) is 4. The van der Waals surface area contributed by atoms with Gasteiger partial charge in [0, 0.05) is 31.7 Å². The van der Waals surface area contributed by atoms with Crippen molar-refractivity contribution in [2.45, 2.75) is 31.3 Å². The first-order valence-electron chi connectivity index (χ1n) is 8.01. The maximum atomic E-state index is 14.3. The zero-order valence-corrected chi connectivity index (χ0v) is 13.7. The Kier molecular flexibility index (Phi) is 5.56. The van der Waals surface area contributed by atoms with Gasteiger partial charge in [0.2, 0.25) is 6.23 Å². The quantitative estimate of drug-likeness (QED) is 0.594. The van der Waals surface area contributed by atoms with Crippen LogP contribution >= 0.6 is 0 Å². The summed E-state index contributed by atoms with van der Waals surface area (Å²) in [5.74, 6) is -0.592. The highest BCUT2D eigenvalue weighted by atomic mass is 19.4. The van der Waals surface area contributed by atoms with Crippen LogP contribution in [-0.4, -0.2) is 50.2 Å². The van der Waals surface area contributed by atoms with Gasteiger partial charge in [-0.25, -0.2) is 4.39 Å². The molecule has 2 aliphatic heterocycles. The Morgan fingerprint density at radius 1 is 1.36 bits per heavy atom. The predicted molar refractivity (Wildman–Crippen MR) is 82.5 cm³/mol. The fraction of sp³-hybridized carbons (Fsp3) is 0.600. The first-order valence-corrected chi connectivity index (χ1v) is 8.01. The lowest BCUT2D eigenvalue weighted by Gasteiger charge is -2.33. The Balaban J connectivity index is 1.59. The molecule has 0 radical (unpaired) electrons. The topological polar surface area (TPSA) is 60.6 Å². The monoisotopic (exact) mass is 363 g/mol. The van der Waals surface area contributed by atoms with E-state index in [2.05, 4.69) is 31.2 Å². The Bertz CT molecular complexity index is 600. The van der Waals surface area contributed by atoms with E-state index in [4.69, 9.17) is 0 Å². The molecule has 140 valence electrons. The minimum absolute atomic E-state index is 0.0759. The molecule has 2 aliphatic rings. The van der Waals surface area contributed by atoms with Crippen molar-refractivity contribution >= 4 is 0 Å². The summed E-state index contributed by atoms with van der Waals surface area (Å²) in [5.41, 5.74) is 2.97. The second-order valence-electron chi connectivity index (χ2n) is 6.19. The fourth-order valence-electron chi connectivity index (χ4n) is 2.85. The summed E-state index contributed by atoms with van der Waals surface area (Å²) >= 11 is 0. The average molecular weight is 363 g/mol. The van der Waals surface area contributed by atoms with Crippen molar-refractivity contribution in [1.82, 2.24) is 26.3 Å². The summed E-state index contributed by atoms with van der Waals surface area (Å²) < 4.78 is 52.1. The van der Waals surface area contributed by atoms with E-state index in [-0.39, 0.29) is 11.7 Å². The van der Waals surface area contributed by atoms with Crippen molar-refractivity contribution in [3.63, 3.8) is 0 Å². The van der Waals surface area contributed by atoms with Crippen molar-refractivity contribution in [2.24, 2.45) is 0 Å². The third-order valence-electron chi connectivity index (χ3n) is 4.35. The van der Waals surface area contributed by atoms with Gasteiger partial charge in [-0.2, -0.15) is 18.7 Å². The summed E-state index contributed by atoms with van der Waals surface area (Å²) in [6, 6.07) is 4.47. The molecule has 2 saturated heterocycles. The van der Waals surface area contributed by atoms with Crippen LogP contribution in [-0.2, 0) is 11.4 Å². The van der Waals surface area contributed by atoms with Crippen LogP contribution in [0.4, 0.5) is 17.6 Å². The molecular formula is C15H21F4N5O. The molecule has 0 amide bonds. The van der Waals surface area contributed by atoms with Crippen LogP contribution in [0.2, 0.25) is 0 Å². The third-order valence-corrected chi connectivity index (χ3v) is 4.35. The molecule has 2 heterocycles. The van der Waals surface area contributed by atoms with E-state index in [1.165, 1.54) is 12.1 Å². The number of hydroxylamine groups is 1. The lowest BCUT2D eigenvalue weighted by molar-refractivity contribution is -0.224. The largest absolute Gasteiger partial charge is 0.430 e. The summed E-state index contributed by atoms with van der Waals surface area (Å²) in [6.07, 6.45) is -7.63. The molecule has 25 heavy (non-hydrogen) atoms. The minimum Gasteiger partial charge on any atom is -0.313 e. The molecule has 3 atom stereocenters. The van der Waals surface area contributed by atoms with Gasteiger partial charge < -0.3 is 5.32 Å². The second-order valence-corrected chi connectivity index (χ2v) is 6.19. The van der Waals surface area contributed by atoms with Gasteiger partial charge in [0.05, 0.1) is 6.17 Å². The first-order chi connectivity index (χ1) is 11.8. The Morgan fingerprint density at radius 2 is 2.16 bits per heavy atom. The van der Waals surface area contributed by atoms with Gasteiger partial charge in [-0.1, -0.05) is 12.1 Å². The highest BCUT2D eigenvalue weighted by Crippen LogP contribution is 2.28. The van der Waals surface area contributed by atoms with Crippen LogP contribution in [0.15, 0.2) is 18.2 Å². The van der Waals surface area contributed by atoms with Gasteiger partial charge in [-0.3, -0.25) is 20.4 Å². The fourth-order valence-corrected chi connectivity index (χ4v) is 2.85. The zero-order chi connectivity index (χ0) is 18.0. The number of hydrogen-bond acceptors (Lipinski definition) is 6. The predicted octanol–water partition coefficient (Wildman–Crippen LogP) is 0.788. The average Bonchev–Trinajstić information content (AvgIpc) is 3.04. The zero-order valence-electron chi connectivity index (χ0n) is 13.7. The second kappa shape index (κ2) is 7.52. The molecule has 1 aromatic rings. The van der Waals surface area contributed by atoms with Crippen LogP contribution in [0.3, 0.4) is 0 Å². The van der Waals surface area contributed by atoms with Gasteiger partial charge in [-0.05, 0) is 18.7 Å². The Morgan fingerprint density at radius 3 is 2.80 bits per heavy atom. The summed E-state index contributed by atoms with van der Waals surface area (Å²) in [6.45, 7) is 3.11. The molecule has 0 saturated carbocycles. The lowest BCUT2D eigenvalue weighted by Crippen LogP contribution is -2.55. The Hall–Kier alpha value is -1.30. The van der Waals surface area contributed by atoms with Gasteiger partial charge in [0.15, 0.2) is 0 Å². The molecule has 1 aromatic carbocycles. The molecule has 0 aromatic heterocycles. The SMILES string of the molecule is CN1CCNCC1NCc1ccc(C2NOC(C(F)(F)F)N2)c(F)c1. The Labute approximate surface area is 142 Å². The van der Waals surface area contributed by atoms with Crippen molar-refractivity contribution in [3.8, 4) is 0 Å². The van der Waals surface area contributed by atoms with E-state index >= 15 is 0 Å². The molecule has 10 heteroatoms. The number of likely N-dealkylation sites (N-methyl/N-ethyl adjacent to an activating group) is 1. The molecule has 0 bridgehead atoms. The smallest absolute Gasteiger partial charge is 0.313 e. The molecule has 4 N–H and O–H groups in total. The normalized spacial score (nSPS) is 28.4.